The van der Waals surface area contributed by atoms with Gasteiger partial charge in [0.25, 0.3) is 5.69 Å². The number of ether oxygens (including phenoxy) is 1. The number of carbonyl (C=O) groups excluding carboxylic acids is 1. The Morgan fingerprint density at radius 1 is 1.08 bits per heavy atom. The molecule has 0 unspecified atom stereocenters. The molecular weight excluding hydrogens is 494 g/mol. The molecule has 1 N–H and O–H groups in total. The van der Waals surface area contributed by atoms with Crippen molar-refractivity contribution in [2.24, 2.45) is 0 Å². The van der Waals surface area contributed by atoms with E-state index in [1.165, 1.54) is 12.1 Å². The van der Waals surface area contributed by atoms with Crippen molar-refractivity contribution in [3.8, 4) is 0 Å². The van der Waals surface area contributed by atoms with E-state index in [-0.39, 0.29) is 22.2 Å². The summed E-state index contributed by atoms with van der Waals surface area (Å²) in [5.41, 5.74) is 0.0506. The van der Waals surface area contributed by atoms with Gasteiger partial charge in [-0.1, -0.05) is 36.4 Å². The molecule has 1 fully saturated rings. The molecule has 3 aromatic carbocycles. The SMILES string of the molecule is CC(C)(C)OC(=O)NC1CCN(c2ccc([N+](=O)[O-])c(CS(=O)(=O)c3cccc4ccccc34)c2)CC1. The summed E-state index contributed by atoms with van der Waals surface area (Å²) in [6.45, 7) is 6.63. The topological polar surface area (TPSA) is 119 Å². The van der Waals surface area contributed by atoms with Gasteiger partial charge in [0.1, 0.15) is 5.60 Å². The highest BCUT2D eigenvalue weighted by molar-refractivity contribution is 7.90. The fourth-order valence-corrected chi connectivity index (χ4v) is 6.17. The number of sulfone groups is 1. The van der Waals surface area contributed by atoms with E-state index in [1.807, 2.05) is 43.9 Å². The van der Waals surface area contributed by atoms with E-state index < -0.39 is 32.2 Å². The summed E-state index contributed by atoms with van der Waals surface area (Å²) >= 11 is 0. The Morgan fingerprint density at radius 3 is 2.43 bits per heavy atom. The van der Waals surface area contributed by atoms with Crippen LogP contribution in [0.5, 0.6) is 0 Å². The molecule has 196 valence electrons. The quantitative estimate of drug-likeness (QED) is 0.346. The molecule has 10 heteroatoms. The average Bonchev–Trinajstić information content (AvgIpc) is 2.82. The van der Waals surface area contributed by atoms with Crippen LogP contribution < -0.4 is 10.2 Å². The zero-order valence-electron chi connectivity index (χ0n) is 21.1. The van der Waals surface area contributed by atoms with Gasteiger partial charge < -0.3 is 15.0 Å². The van der Waals surface area contributed by atoms with Crippen molar-refractivity contribution in [3.63, 3.8) is 0 Å². The van der Waals surface area contributed by atoms with Crippen LogP contribution in [0.3, 0.4) is 0 Å². The first kappa shape index (κ1) is 26.4. The van der Waals surface area contributed by atoms with Crippen LogP contribution in [0.4, 0.5) is 16.2 Å². The van der Waals surface area contributed by atoms with Gasteiger partial charge in [0.15, 0.2) is 9.84 Å². The largest absolute Gasteiger partial charge is 0.444 e. The lowest BCUT2D eigenvalue weighted by atomic mass is 10.0. The summed E-state index contributed by atoms with van der Waals surface area (Å²) in [4.78, 5) is 25.5. The van der Waals surface area contributed by atoms with Gasteiger partial charge in [-0.2, -0.15) is 0 Å². The highest BCUT2D eigenvalue weighted by Crippen LogP contribution is 2.32. The van der Waals surface area contributed by atoms with Crippen molar-refractivity contribution in [1.29, 1.82) is 0 Å². The Labute approximate surface area is 216 Å². The minimum Gasteiger partial charge on any atom is -0.444 e. The number of fused-ring (bicyclic) bond motifs is 1. The molecule has 0 aliphatic carbocycles. The van der Waals surface area contributed by atoms with Gasteiger partial charge >= 0.3 is 6.09 Å². The van der Waals surface area contributed by atoms with E-state index in [4.69, 9.17) is 4.74 Å². The van der Waals surface area contributed by atoms with Crippen LogP contribution in [-0.4, -0.2) is 44.2 Å². The number of amides is 1. The van der Waals surface area contributed by atoms with E-state index in [2.05, 4.69) is 5.32 Å². The number of nitrogens with one attached hydrogen (secondary N) is 1. The van der Waals surface area contributed by atoms with Gasteiger partial charge in [-0.15, -0.1) is 0 Å². The Kier molecular flexibility index (Phi) is 7.40. The number of alkyl carbamates (subject to hydrolysis) is 1. The molecule has 1 aliphatic heterocycles. The van der Waals surface area contributed by atoms with Crippen LogP contribution in [0.1, 0.15) is 39.2 Å². The second kappa shape index (κ2) is 10.4. The summed E-state index contributed by atoms with van der Waals surface area (Å²) in [5, 5.41) is 16.0. The summed E-state index contributed by atoms with van der Waals surface area (Å²) in [5.74, 6) is -0.484. The Morgan fingerprint density at radius 2 is 1.76 bits per heavy atom. The Hall–Kier alpha value is -3.66. The third-order valence-electron chi connectivity index (χ3n) is 6.27. The number of anilines is 1. The summed E-state index contributed by atoms with van der Waals surface area (Å²) in [6, 6.07) is 16.8. The van der Waals surface area contributed by atoms with E-state index in [0.29, 0.717) is 37.0 Å². The fraction of sp³-hybridized carbons (Fsp3) is 0.370. The molecule has 1 heterocycles. The summed E-state index contributed by atoms with van der Waals surface area (Å²) < 4.78 is 32.2. The number of hydrogen-bond acceptors (Lipinski definition) is 7. The Bertz CT molecular complexity index is 1420. The molecule has 0 radical (unpaired) electrons. The van der Waals surface area contributed by atoms with Crippen molar-refractivity contribution >= 4 is 38.1 Å². The monoisotopic (exact) mass is 525 g/mol. The predicted molar refractivity (Wildman–Crippen MR) is 143 cm³/mol. The van der Waals surface area contributed by atoms with Crippen LogP contribution in [0.15, 0.2) is 65.6 Å². The van der Waals surface area contributed by atoms with E-state index in [0.717, 1.165) is 5.39 Å². The zero-order chi connectivity index (χ0) is 26.8. The minimum absolute atomic E-state index is 0.0460. The fourth-order valence-electron chi connectivity index (χ4n) is 4.57. The molecule has 0 aromatic heterocycles. The van der Waals surface area contributed by atoms with Crippen LogP contribution in [0, 0.1) is 10.1 Å². The third-order valence-corrected chi connectivity index (χ3v) is 7.99. The minimum atomic E-state index is -3.87. The summed E-state index contributed by atoms with van der Waals surface area (Å²) in [6.07, 6.45) is 0.877. The molecule has 1 aliphatic rings. The van der Waals surface area contributed by atoms with Crippen molar-refractivity contribution in [1.82, 2.24) is 5.32 Å². The maximum Gasteiger partial charge on any atom is 0.407 e. The maximum absolute atomic E-state index is 13.4. The van der Waals surface area contributed by atoms with E-state index in [1.54, 1.807) is 30.3 Å². The number of hydrogen-bond donors (Lipinski definition) is 1. The van der Waals surface area contributed by atoms with Gasteiger partial charge in [0.2, 0.25) is 0 Å². The smallest absolute Gasteiger partial charge is 0.407 e. The lowest BCUT2D eigenvalue weighted by Gasteiger charge is -2.34. The maximum atomic E-state index is 13.4. The van der Waals surface area contributed by atoms with Crippen LogP contribution in [0.25, 0.3) is 10.8 Å². The second-order valence-electron chi connectivity index (χ2n) is 10.2. The van der Waals surface area contributed by atoms with Crippen LogP contribution >= 0.6 is 0 Å². The van der Waals surface area contributed by atoms with Crippen molar-refractivity contribution in [2.45, 2.75) is 55.9 Å². The molecule has 1 saturated heterocycles. The third kappa shape index (κ3) is 6.37. The number of carbonyl (C=O) groups is 1. The first-order chi connectivity index (χ1) is 17.4. The number of nitro benzene ring substituents is 1. The highest BCUT2D eigenvalue weighted by Gasteiger charge is 2.27. The lowest BCUT2D eigenvalue weighted by molar-refractivity contribution is -0.385. The molecule has 3 aromatic rings. The van der Waals surface area contributed by atoms with Crippen LogP contribution in [-0.2, 0) is 20.3 Å². The molecule has 1 amide bonds. The second-order valence-corrected chi connectivity index (χ2v) is 12.2. The number of piperidine rings is 1. The normalized spacial score (nSPS) is 14.9. The predicted octanol–water partition coefficient (Wildman–Crippen LogP) is 5.22. The molecule has 37 heavy (non-hydrogen) atoms. The van der Waals surface area contributed by atoms with Crippen molar-refractivity contribution in [2.75, 3.05) is 18.0 Å². The summed E-state index contributed by atoms with van der Waals surface area (Å²) in [7, 11) is -3.87. The van der Waals surface area contributed by atoms with Gasteiger partial charge in [0.05, 0.1) is 15.6 Å². The van der Waals surface area contributed by atoms with E-state index in [9.17, 15) is 23.3 Å². The first-order valence-electron chi connectivity index (χ1n) is 12.2. The Balaban J connectivity index is 1.53. The molecule has 0 saturated carbocycles. The highest BCUT2D eigenvalue weighted by atomic mass is 32.2. The molecule has 0 atom stereocenters. The zero-order valence-corrected chi connectivity index (χ0v) is 22.0. The molecule has 0 bridgehead atoms. The molecular formula is C27H31N3O6S. The lowest BCUT2D eigenvalue weighted by Crippen LogP contribution is -2.46. The number of nitro groups is 1. The number of benzene rings is 3. The molecule has 9 nitrogen and oxygen atoms in total. The average molecular weight is 526 g/mol. The standard InChI is InChI=1S/C27H31N3O6S/c1-27(2,3)36-26(31)28-21-13-15-29(16-14-21)22-11-12-24(30(32)33)20(17-22)18-37(34,35)25-10-6-8-19-7-4-5-9-23(19)25/h4-12,17,21H,13-16,18H2,1-3H3,(H,28,31). The van der Waals surface area contributed by atoms with Crippen molar-refractivity contribution < 1.29 is 22.9 Å². The van der Waals surface area contributed by atoms with Gasteiger partial charge in [-0.05, 0) is 57.2 Å². The molecule has 4 rings (SSSR count). The van der Waals surface area contributed by atoms with Crippen molar-refractivity contribution in [3.05, 3.63) is 76.3 Å². The number of nitrogens with zero attached hydrogens (tertiary/aromatic N) is 2. The number of rotatable bonds is 6. The van der Waals surface area contributed by atoms with Gasteiger partial charge in [-0.3, -0.25) is 10.1 Å². The van der Waals surface area contributed by atoms with Gasteiger partial charge in [-0.25, -0.2) is 13.2 Å². The first-order valence-corrected chi connectivity index (χ1v) is 13.8. The van der Waals surface area contributed by atoms with Gasteiger partial charge in [0, 0.05) is 41.8 Å². The molecule has 0 spiro atoms. The van der Waals surface area contributed by atoms with E-state index >= 15 is 0 Å². The van der Waals surface area contributed by atoms with Crippen LogP contribution in [0.2, 0.25) is 0 Å².